The summed E-state index contributed by atoms with van der Waals surface area (Å²) in [7, 11) is 0. The summed E-state index contributed by atoms with van der Waals surface area (Å²) in [5, 5.41) is 9.94. The topological polar surface area (TPSA) is 33.1 Å². The van der Waals surface area contributed by atoms with Crippen molar-refractivity contribution in [2.75, 3.05) is 0 Å². The van der Waals surface area contributed by atoms with Crippen LogP contribution in [0.3, 0.4) is 0 Å². The van der Waals surface area contributed by atoms with Crippen molar-refractivity contribution in [3.05, 3.63) is 65.0 Å². The normalized spacial score (nSPS) is 12.4. The van der Waals surface area contributed by atoms with E-state index in [1.165, 1.54) is 12.1 Å². The summed E-state index contributed by atoms with van der Waals surface area (Å²) in [6.07, 6.45) is 0.905. The summed E-state index contributed by atoms with van der Waals surface area (Å²) < 4.78 is 26.0. The SMILES string of the molecule is Cc1ccc(C(O)Cc2cc(F)cc(F)c2)nc1. The second-order valence-electron chi connectivity index (χ2n) is 4.26. The molecule has 0 saturated carbocycles. The molecule has 1 N–H and O–H groups in total. The summed E-state index contributed by atoms with van der Waals surface area (Å²) in [5.41, 5.74) is 1.88. The Morgan fingerprint density at radius 1 is 1.17 bits per heavy atom. The van der Waals surface area contributed by atoms with Crippen LogP contribution in [0.5, 0.6) is 0 Å². The van der Waals surface area contributed by atoms with Crippen molar-refractivity contribution in [2.24, 2.45) is 0 Å². The molecule has 18 heavy (non-hydrogen) atoms. The number of aliphatic hydroxyl groups is 1. The van der Waals surface area contributed by atoms with Crippen LogP contribution in [0.2, 0.25) is 0 Å². The molecule has 1 atom stereocenters. The zero-order valence-corrected chi connectivity index (χ0v) is 9.90. The van der Waals surface area contributed by atoms with Crippen LogP contribution in [0, 0.1) is 18.6 Å². The van der Waals surface area contributed by atoms with E-state index >= 15 is 0 Å². The average molecular weight is 249 g/mol. The largest absolute Gasteiger partial charge is 0.386 e. The van der Waals surface area contributed by atoms with Crippen LogP contribution in [0.15, 0.2) is 36.5 Å². The molecule has 1 aromatic heterocycles. The lowest BCUT2D eigenvalue weighted by Gasteiger charge is -2.10. The van der Waals surface area contributed by atoms with Crippen molar-refractivity contribution in [2.45, 2.75) is 19.4 Å². The van der Waals surface area contributed by atoms with Crippen LogP contribution in [-0.4, -0.2) is 10.1 Å². The molecule has 0 bridgehead atoms. The van der Waals surface area contributed by atoms with Crippen molar-refractivity contribution in [1.82, 2.24) is 4.98 Å². The fourth-order valence-electron chi connectivity index (χ4n) is 1.73. The van der Waals surface area contributed by atoms with Gasteiger partial charge in [-0.15, -0.1) is 0 Å². The fourth-order valence-corrected chi connectivity index (χ4v) is 1.73. The van der Waals surface area contributed by atoms with Crippen molar-refractivity contribution in [3.8, 4) is 0 Å². The van der Waals surface area contributed by atoms with Gasteiger partial charge in [0.15, 0.2) is 0 Å². The molecule has 0 amide bonds. The second-order valence-corrected chi connectivity index (χ2v) is 4.26. The zero-order chi connectivity index (χ0) is 13.1. The lowest BCUT2D eigenvalue weighted by molar-refractivity contribution is 0.173. The zero-order valence-electron chi connectivity index (χ0n) is 9.90. The number of aliphatic hydroxyl groups excluding tert-OH is 1. The fraction of sp³-hybridized carbons (Fsp3) is 0.214. The highest BCUT2D eigenvalue weighted by Crippen LogP contribution is 2.18. The first-order valence-electron chi connectivity index (χ1n) is 5.60. The number of benzene rings is 1. The molecule has 2 aromatic rings. The van der Waals surface area contributed by atoms with Crippen LogP contribution in [-0.2, 0) is 6.42 Å². The molecule has 2 nitrogen and oxygen atoms in total. The number of nitrogens with zero attached hydrogens (tertiary/aromatic N) is 1. The van der Waals surface area contributed by atoms with E-state index in [-0.39, 0.29) is 6.42 Å². The summed E-state index contributed by atoms with van der Waals surface area (Å²) in [4.78, 5) is 4.08. The minimum Gasteiger partial charge on any atom is -0.386 e. The molecular formula is C14H13F2NO. The van der Waals surface area contributed by atoms with Gasteiger partial charge in [-0.2, -0.15) is 0 Å². The molecule has 0 fully saturated rings. The summed E-state index contributed by atoms with van der Waals surface area (Å²) >= 11 is 0. The number of hydrogen-bond acceptors (Lipinski definition) is 2. The van der Waals surface area contributed by atoms with Gasteiger partial charge in [-0.05, 0) is 36.2 Å². The monoisotopic (exact) mass is 249 g/mol. The molecule has 0 saturated heterocycles. The summed E-state index contributed by atoms with van der Waals surface area (Å²) in [6.45, 7) is 1.89. The number of hydrogen-bond donors (Lipinski definition) is 1. The number of aromatic nitrogens is 1. The van der Waals surface area contributed by atoms with E-state index in [1.807, 2.05) is 13.0 Å². The predicted octanol–water partition coefficient (Wildman–Crippen LogP) is 2.94. The predicted molar refractivity (Wildman–Crippen MR) is 64.0 cm³/mol. The van der Waals surface area contributed by atoms with Crippen molar-refractivity contribution < 1.29 is 13.9 Å². The van der Waals surface area contributed by atoms with E-state index in [9.17, 15) is 13.9 Å². The molecule has 0 radical (unpaired) electrons. The molecule has 0 aliphatic carbocycles. The standard InChI is InChI=1S/C14H13F2NO/c1-9-2-3-13(17-8-9)14(18)6-10-4-11(15)7-12(16)5-10/h2-5,7-8,14,18H,6H2,1H3. The van der Waals surface area contributed by atoms with E-state index in [0.29, 0.717) is 11.3 Å². The van der Waals surface area contributed by atoms with Crippen LogP contribution in [0.4, 0.5) is 8.78 Å². The molecule has 0 spiro atoms. The highest BCUT2D eigenvalue weighted by atomic mass is 19.1. The maximum Gasteiger partial charge on any atom is 0.126 e. The molecule has 94 valence electrons. The Hall–Kier alpha value is -1.81. The molecule has 0 aliphatic rings. The Bertz CT molecular complexity index is 520. The first-order chi connectivity index (χ1) is 8.54. The van der Waals surface area contributed by atoms with Crippen molar-refractivity contribution in [1.29, 1.82) is 0 Å². The van der Waals surface area contributed by atoms with Gasteiger partial charge in [-0.3, -0.25) is 4.98 Å². The quantitative estimate of drug-likeness (QED) is 0.907. The first kappa shape index (κ1) is 12.6. The van der Waals surface area contributed by atoms with E-state index in [2.05, 4.69) is 4.98 Å². The summed E-state index contributed by atoms with van der Waals surface area (Å²) in [5.74, 6) is -1.29. The maximum atomic E-state index is 13.0. The third kappa shape index (κ3) is 3.11. The van der Waals surface area contributed by atoms with Gasteiger partial charge in [0.05, 0.1) is 11.8 Å². The molecule has 1 aromatic carbocycles. The van der Waals surface area contributed by atoms with Crippen LogP contribution in [0.1, 0.15) is 22.9 Å². The van der Waals surface area contributed by atoms with Crippen LogP contribution in [0.25, 0.3) is 0 Å². The lowest BCUT2D eigenvalue weighted by Crippen LogP contribution is -2.04. The average Bonchev–Trinajstić information content (AvgIpc) is 2.28. The molecule has 1 heterocycles. The van der Waals surface area contributed by atoms with Gasteiger partial charge < -0.3 is 5.11 Å². The number of halogens is 2. The van der Waals surface area contributed by atoms with Gasteiger partial charge in [0.25, 0.3) is 0 Å². The Balaban J connectivity index is 2.15. The van der Waals surface area contributed by atoms with Gasteiger partial charge >= 0.3 is 0 Å². The van der Waals surface area contributed by atoms with Gasteiger partial charge in [-0.1, -0.05) is 6.07 Å². The second kappa shape index (κ2) is 5.23. The molecule has 4 heteroatoms. The number of rotatable bonds is 3. The first-order valence-corrected chi connectivity index (χ1v) is 5.60. The van der Waals surface area contributed by atoms with E-state index in [1.54, 1.807) is 12.3 Å². The Morgan fingerprint density at radius 3 is 2.39 bits per heavy atom. The third-order valence-corrected chi connectivity index (χ3v) is 2.63. The van der Waals surface area contributed by atoms with Gasteiger partial charge in [0.1, 0.15) is 11.6 Å². The van der Waals surface area contributed by atoms with Crippen LogP contribution < -0.4 is 0 Å². The third-order valence-electron chi connectivity index (χ3n) is 2.63. The van der Waals surface area contributed by atoms with Crippen LogP contribution >= 0.6 is 0 Å². The van der Waals surface area contributed by atoms with Gasteiger partial charge in [0, 0.05) is 18.7 Å². The minimum atomic E-state index is -0.869. The maximum absolute atomic E-state index is 13.0. The lowest BCUT2D eigenvalue weighted by atomic mass is 10.0. The Morgan fingerprint density at radius 2 is 1.83 bits per heavy atom. The Kier molecular flexibility index (Phi) is 3.67. The van der Waals surface area contributed by atoms with Gasteiger partial charge in [-0.25, -0.2) is 8.78 Å². The smallest absolute Gasteiger partial charge is 0.126 e. The van der Waals surface area contributed by atoms with E-state index in [4.69, 9.17) is 0 Å². The minimum absolute atomic E-state index is 0.130. The van der Waals surface area contributed by atoms with E-state index < -0.39 is 17.7 Å². The molecule has 2 rings (SSSR count). The highest BCUT2D eigenvalue weighted by molar-refractivity contribution is 5.21. The number of pyridine rings is 1. The van der Waals surface area contributed by atoms with Gasteiger partial charge in [0.2, 0.25) is 0 Å². The number of aryl methyl sites for hydroxylation is 1. The molecule has 0 aliphatic heterocycles. The van der Waals surface area contributed by atoms with E-state index in [0.717, 1.165) is 11.6 Å². The molecular weight excluding hydrogens is 236 g/mol. The van der Waals surface area contributed by atoms with Crippen molar-refractivity contribution in [3.63, 3.8) is 0 Å². The highest BCUT2D eigenvalue weighted by Gasteiger charge is 2.11. The Labute approximate surface area is 104 Å². The summed E-state index contributed by atoms with van der Waals surface area (Å²) in [6, 6.07) is 6.76. The molecule has 1 unspecified atom stereocenters. The van der Waals surface area contributed by atoms with Crippen molar-refractivity contribution >= 4 is 0 Å².